The van der Waals surface area contributed by atoms with Crippen molar-refractivity contribution >= 4 is 17.3 Å². The highest BCUT2D eigenvalue weighted by molar-refractivity contribution is 6.30. The van der Waals surface area contributed by atoms with E-state index >= 15 is 0 Å². The maximum absolute atomic E-state index is 12.5. The van der Waals surface area contributed by atoms with Crippen LogP contribution in [0.25, 0.3) is 0 Å². The molecule has 1 atom stereocenters. The van der Waals surface area contributed by atoms with Gasteiger partial charge in [0.1, 0.15) is 0 Å². The molecule has 0 spiro atoms. The number of hydrogen-bond donors (Lipinski definition) is 2. The van der Waals surface area contributed by atoms with Crippen molar-refractivity contribution in [2.24, 2.45) is 5.73 Å². The van der Waals surface area contributed by atoms with E-state index in [1.165, 1.54) is 6.07 Å². The molecule has 2 nitrogen and oxygen atoms in total. The molecule has 3 N–H and O–H groups in total. The molecule has 0 amide bonds. The van der Waals surface area contributed by atoms with Crippen LogP contribution in [0.3, 0.4) is 0 Å². The molecule has 1 rings (SSSR count). The Morgan fingerprint density at radius 3 is 2.47 bits per heavy atom. The zero-order valence-electron chi connectivity index (χ0n) is 9.31. The number of halogens is 4. The van der Waals surface area contributed by atoms with Gasteiger partial charge in [-0.1, -0.05) is 18.5 Å². The van der Waals surface area contributed by atoms with Crippen LogP contribution in [0.1, 0.15) is 18.9 Å². The summed E-state index contributed by atoms with van der Waals surface area (Å²) in [5, 5.41) is 2.97. The molecule has 6 heteroatoms. The smallest absolute Gasteiger partial charge is 0.381 e. The van der Waals surface area contributed by atoms with Gasteiger partial charge in [0, 0.05) is 23.3 Å². The van der Waals surface area contributed by atoms with E-state index in [0.717, 1.165) is 18.6 Å². The van der Waals surface area contributed by atoms with Crippen LogP contribution in [0, 0.1) is 0 Å². The number of anilines is 1. The van der Waals surface area contributed by atoms with Crippen LogP contribution in [-0.2, 0) is 6.18 Å². The van der Waals surface area contributed by atoms with Gasteiger partial charge in [-0.05, 0) is 24.6 Å². The van der Waals surface area contributed by atoms with Crippen molar-refractivity contribution in [2.75, 3.05) is 11.9 Å². The lowest BCUT2D eigenvalue weighted by Gasteiger charge is -2.17. The molecule has 0 aliphatic heterocycles. The molecule has 0 saturated carbocycles. The van der Waals surface area contributed by atoms with Gasteiger partial charge in [0.15, 0.2) is 0 Å². The Kier molecular flexibility index (Phi) is 4.65. The average Bonchev–Trinajstić information content (AvgIpc) is 2.24. The van der Waals surface area contributed by atoms with Crippen molar-refractivity contribution in [3.8, 4) is 0 Å². The molecule has 1 aromatic carbocycles. The van der Waals surface area contributed by atoms with E-state index in [4.69, 9.17) is 17.3 Å². The lowest BCUT2D eigenvalue weighted by Crippen LogP contribution is -2.28. The molecular formula is C11H14ClF3N2. The lowest BCUT2D eigenvalue weighted by atomic mass is 10.1. The lowest BCUT2D eigenvalue weighted by molar-refractivity contribution is -0.137. The summed E-state index contributed by atoms with van der Waals surface area (Å²) in [5.74, 6) is 0. The zero-order chi connectivity index (χ0) is 13.1. The summed E-state index contributed by atoms with van der Waals surface area (Å²) in [7, 11) is 0. The summed E-state index contributed by atoms with van der Waals surface area (Å²) < 4.78 is 37.6. The van der Waals surface area contributed by atoms with E-state index in [1.807, 2.05) is 6.92 Å². The van der Waals surface area contributed by atoms with Gasteiger partial charge in [0.25, 0.3) is 0 Å². The highest BCUT2D eigenvalue weighted by Crippen LogP contribution is 2.33. The Morgan fingerprint density at radius 1 is 1.35 bits per heavy atom. The number of alkyl halides is 3. The van der Waals surface area contributed by atoms with Gasteiger partial charge in [-0.3, -0.25) is 0 Å². The SMILES string of the molecule is CCC(CN)Nc1cc(Cl)cc(C(F)(F)F)c1. The first kappa shape index (κ1) is 14.1. The summed E-state index contributed by atoms with van der Waals surface area (Å²) in [6.45, 7) is 2.25. The molecule has 96 valence electrons. The van der Waals surface area contributed by atoms with Gasteiger partial charge in [0.2, 0.25) is 0 Å². The fourth-order valence-electron chi connectivity index (χ4n) is 1.40. The van der Waals surface area contributed by atoms with Gasteiger partial charge in [-0.25, -0.2) is 0 Å². The largest absolute Gasteiger partial charge is 0.416 e. The van der Waals surface area contributed by atoms with Crippen LogP contribution < -0.4 is 11.1 Å². The van der Waals surface area contributed by atoms with Crippen molar-refractivity contribution in [3.63, 3.8) is 0 Å². The number of nitrogens with one attached hydrogen (secondary N) is 1. The van der Waals surface area contributed by atoms with Gasteiger partial charge >= 0.3 is 6.18 Å². The Hall–Kier alpha value is -0.940. The monoisotopic (exact) mass is 266 g/mol. The summed E-state index contributed by atoms with van der Waals surface area (Å²) in [5.41, 5.74) is 5.05. The van der Waals surface area contributed by atoms with Crippen molar-refractivity contribution in [3.05, 3.63) is 28.8 Å². The van der Waals surface area contributed by atoms with Gasteiger partial charge < -0.3 is 11.1 Å². The minimum Gasteiger partial charge on any atom is -0.381 e. The molecule has 0 bridgehead atoms. The maximum atomic E-state index is 12.5. The fourth-order valence-corrected chi connectivity index (χ4v) is 1.64. The molecule has 0 aliphatic rings. The standard InChI is InChI=1S/C11H14ClF3N2/c1-2-9(6-16)17-10-4-7(11(13,14)15)3-8(12)5-10/h3-5,9,17H,2,6,16H2,1H3. The first-order chi connectivity index (χ1) is 7.86. The topological polar surface area (TPSA) is 38.0 Å². The second kappa shape index (κ2) is 5.60. The molecule has 0 heterocycles. The van der Waals surface area contributed by atoms with E-state index in [0.29, 0.717) is 12.2 Å². The maximum Gasteiger partial charge on any atom is 0.416 e. The van der Waals surface area contributed by atoms with E-state index in [1.54, 1.807) is 0 Å². The predicted octanol–water partition coefficient (Wildman–Crippen LogP) is 3.51. The van der Waals surface area contributed by atoms with E-state index < -0.39 is 11.7 Å². The molecular weight excluding hydrogens is 253 g/mol. The number of nitrogens with two attached hydrogens (primary N) is 1. The van der Waals surface area contributed by atoms with Crippen LogP contribution >= 0.6 is 11.6 Å². The summed E-state index contributed by atoms with van der Waals surface area (Å²) in [6, 6.07) is 3.32. The average molecular weight is 267 g/mol. The first-order valence-electron chi connectivity index (χ1n) is 5.21. The van der Waals surface area contributed by atoms with Crippen molar-refractivity contribution in [2.45, 2.75) is 25.6 Å². The van der Waals surface area contributed by atoms with Gasteiger partial charge in [-0.2, -0.15) is 13.2 Å². The molecule has 0 radical (unpaired) electrons. The quantitative estimate of drug-likeness (QED) is 0.875. The van der Waals surface area contributed by atoms with Crippen molar-refractivity contribution in [1.29, 1.82) is 0 Å². The Morgan fingerprint density at radius 2 is 2.00 bits per heavy atom. The fraction of sp³-hybridized carbons (Fsp3) is 0.455. The number of hydrogen-bond acceptors (Lipinski definition) is 2. The minimum absolute atomic E-state index is 0.0502. The Bertz CT molecular complexity index is 375. The molecule has 0 fully saturated rings. The van der Waals surface area contributed by atoms with Gasteiger partial charge in [-0.15, -0.1) is 0 Å². The van der Waals surface area contributed by atoms with Crippen LogP contribution in [0.15, 0.2) is 18.2 Å². The molecule has 0 aliphatic carbocycles. The second-order valence-corrected chi connectivity index (χ2v) is 4.15. The van der Waals surface area contributed by atoms with Crippen LogP contribution in [0.5, 0.6) is 0 Å². The van der Waals surface area contributed by atoms with Crippen molar-refractivity contribution < 1.29 is 13.2 Å². The van der Waals surface area contributed by atoms with Crippen LogP contribution in [0.4, 0.5) is 18.9 Å². The minimum atomic E-state index is -4.40. The first-order valence-corrected chi connectivity index (χ1v) is 5.59. The van der Waals surface area contributed by atoms with Crippen LogP contribution in [0.2, 0.25) is 5.02 Å². The molecule has 1 aromatic rings. The van der Waals surface area contributed by atoms with Crippen LogP contribution in [-0.4, -0.2) is 12.6 Å². The molecule has 1 unspecified atom stereocenters. The third-order valence-corrected chi connectivity index (χ3v) is 2.59. The summed E-state index contributed by atoms with van der Waals surface area (Å²) >= 11 is 5.65. The zero-order valence-corrected chi connectivity index (χ0v) is 10.1. The van der Waals surface area contributed by atoms with Gasteiger partial charge in [0.05, 0.1) is 5.56 Å². The van der Waals surface area contributed by atoms with E-state index in [-0.39, 0.29) is 11.1 Å². The van der Waals surface area contributed by atoms with Crippen molar-refractivity contribution in [1.82, 2.24) is 0 Å². The normalized spacial score (nSPS) is 13.5. The molecule has 0 aromatic heterocycles. The highest BCUT2D eigenvalue weighted by Gasteiger charge is 2.31. The molecule has 0 saturated heterocycles. The third-order valence-electron chi connectivity index (χ3n) is 2.37. The van der Waals surface area contributed by atoms with E-state index in [2.05, 4.69) is 5.32 Å². The summed E-state index contributed by atoms with van der Waals surface area (Å²) in [4.78, 5) is 0. The Labute approximate surface area is 103 Å². The predicted molar refractivity (Wildman–Crippen MR) is 63.2 cm³/mol. The second-order valence-electron chi connectivity index (χ2n) is 3.71. The van der Waals surface area contributed by atoms with E-state index in [9.17, 15) is 13.2 Å². The summed E-state index contributed by atoms with van der Waals surface area (Å²) in [6.07, 6.45) is -3.67. The highest BCUT2D eigenvalue weighted by atomic mass is 35.5. The number of benzene rings is 1. The molecule has 17 heavy (non-hydrogen) atoms. The third kappa shape index (κ3) is 4.09. The Balaban J connectivity index is 2.97. The number of rotatable bonds is 4.